The minimum Gasteiger partial charge on any atom is -0.383 e. The molecule has 0 aromatic heterocycles. The van der Waals surface area contributed by atoms with E-state index in [2.05, 4.69) is 49.9 Å². The molecule has 2 atom stereocenters. The largest absolute Gasteiger partial charge is 0.383 e. The third-order valence-corrected chi connectivity index (χ3v) is 4.52. The number of methoxy groups -OCH3 is 1. The standard InChI is InChI=1S/C16H35N3O/c1-13(2)15(12-20-6)17-11-16(14(3)4)19-9-7-18(5)8-10-19/h13-17H,7-12H2,1-6H3. The van der Waals surface area contributed by atoms with Gasteiger partial charge in [-0.15, -0.1) is 0 Å². The summed E-state index contributed by atoms with van der Waals surface area (Å²) in [6.45, 7) is 15.8. The molecule has 1 aliphatic rings. The van der Waals surface area contributed by atoms with Crippen LogP contribution < -0.4 is 5.32 Å². The summed E-state index contributed by atoms with van der Waals surface area (Å²) in [5.74, 6) is 1.29. The fourth-order valence-corrected chi connectivity index (χ4v) is 2.88. The maximum atomic E-state index is 5.33. The summed E-state index contributed by atoms with van der Waals surface area (Å²) in [4.78, 5) is 5.07. The molecule has 2 unspecified atom stereocenters. The lowest BCUT2D eigenvalue weighted by Crippen LogP contribution is -2.55. The number of piperazine rings is 1. The number of rotatable bonds is 8. The first-order valence-electron chi connectivity index (χ1n) is 8.10. The monoisotopic (exact) mass is 285 g/mol. The molecule has 0 aromatic carbocycles. The van der Waals surface area contributed by atoms with Crippen molar-refractivity contribution in [3.05, 3.63) is 0 Å². The molecule has 1 N–H and O–H groups in total. The van der Waals surface area contributed by atoms with Gasteiger partial charge in [-0.2, -0.15) is 0 Å². The topological polar surface area (TPSA) is 27.7 Å². The molecule has 4 nitrogen and oxygen atoms in total. The summed E-state index contributed by atoms with van der Waals surface area (Å²) in [6.07, 6.45) is 0. The van der Waals surface area contributed by atoms with Crippen molar-refractivity contribution in [3.63, 3.8) is 0 Å². The highest BCUT2D eigenvalue weighted by molar-refractivity contribution is 4.83. The van der Waals surface area contributed by atoms with Gasteiger partial charge in [0.1, 0.15) is 0 Å². The Morgan fingerprint density at radius 1 is 1.00 bits per heavy atom. The van der Waals surface area contributed by atoms with Crippen LogP contribution in [0.1, 0.15) is 27.7 Å². The number of nitrogens with one attached hydrogen (secondary N) is 1. The van der Waals surface area contributed by atoms with Gasteiger partial charge in [-0.1, -0.05) is 27.7 Å². The second-order valence-corrected chi connectivity index (χ2v) is 6.86. The lowest BCUT2D eigenvalue weighted by molar-refractivity contribution is 0.0790. The molecule has 0 aliphatic carbocycles. The van der Waals surface area contributed by atoms with Gasteiger partial charge in [-0.3, -0.25) is 4.90 Å². The van der Waals surface area contributed by atoms with Crippen LogP contribution in [-0.2, 0) is 4.74 Å². The van der Waals surface area contributed by atoms with Crippen LogP contribution >= 0.6 is 0 Å². The first-order chi connectivity index (χ1) is 9.45. The zero-order valence-electron chi connectivity index (χ0n) is 14.4. The second-order valence-electron chi connectivity index (χ2n) is 6.86. The van der Waals surface area contributed by atoms with Gasteiger partial charge in [0.05, 0.1) is 6.61 Å². The van der Waals surface area contributed by atoms with E-state index in [1.54, 1.807) is 7.11 Å². The van der Waals surface area contributed by atoms with Gasteiger partial charge in [0.2, 0.25) is 0 Å². The van der Waals surface area contributed by atoms with E-state index >= 15 is 0 Å². The predicted octanol–water partition coefficient (Wildman–Crippen LogP) is 1.52. The van der Waals surface area contributed by atoms with Gasteiger partial charge in [0, 0.05) is 51.9 Å². The van der Waals surface area contributed by atoms with E-state index in [1.807, 2.05) is 0 Å². The van der Waals surface area contributed by atoms with Gasteiger partial charge in [0.15, 0.2) is 0 Å². The molecule has 20 heavy (non-hydrogen) atoms. The molecular formula is C16H35N3O. The van der Waals surface area contributed by atoms with Crippen LogP contribution in [-0.4, -0.2) is 75.4 Å². The molecule has 0 radical (unpaired) electrons. The quantitative estimate of drug-likeness (QED) is 0.732. The zero-order chi connectivity index (χ0) is 15.1. The summed E-state index contributed by atoms with van der Waals surface area (Å²) in [6, 6.07) is 1.08. The summed E-state index contributed by atoms with van der Waals surface area (Å²) in [5, 5.41) is 3.73. The smallest absolute Gasteiger partial charge is 0.0618 e. The van der Waals surface area contributed by atoms with E-state index in [0.717, 1.165) is 13.2 Å². The Bertz CT molecular complexity index is 250. The van der Waals surface area contributed by atoms with Crippen molar-refractivity contribution in [1.29, 1.82) is 0 Å². The van der Waals surface area contributed by atoms with Gasteiger partial charge < -0.3 is 15.0 Å². The molecule has 0 saturated carbocycles. The maximum Gasteiger partial charge on any atom is 0.0618 e. The third kappa shape index (κ3) is 5.68. The predicted molar refractivity (Wildman–Crippen MR) is 86.2 cm³/mol. The number of hydrogen-bond donors (Lipinski definition) is 1. The van der Waals surface area contributed by atoms with Crippen LogP contribution in [0.25, 0.3) is 0 Å². The summed E-state index contributed by atoms with van der Waals surface area (Å²) < 4.78 is 5.33. The molecule has 1 aliphatic heterocycles. The molecule has 1 saturated heterocycles. The lowest BCUT2D eigenvalue weighted by atomic mass is 9.99. The van der Waals surface area contributed by atoms with Crippen LogP contribution in [0.4, 0.5) is 0 Å². The van der Waals surface area contributed by atoms with Gasteiger partial charge in [-0.05, 0) is 18.9 Å². The van der Waals surface area contributed by atoms with Crippen molar-refractivity contribution in [3.8, 4) is 0 Å². The minimum absolute atomic E-state index is 0.453. The Labute approximate surface area is 125 Å². The molecule has 1 rings (SSSR count). The molecule has 1 heterocycles. The lowest BCUT2D eigenvalue weighted by Gasteiger charge is -2.40. The van der Waals surface area contributed by atoms with Crippen molar-refractivity contribution in [2.24, 2.45) is 11.8 Å². The Kier molecular flexibility index (Phi) is 8.03. The number of likely N-dealkylation sites (N-methyl/N-ethyl adjacent to an activating group) is 1. The normalized spacial score (nSPS) is 21.6. The van der Waals surface area contributed by atoms with Crippen LogP contribution in [0.15, 0.2) is 0 Å². The minimum atomic E-state index is 0.453. The number of hydrogen-bond acceptors (Lipinski definition) is 4. The second kappa shape index (κ2) is 8.98. The first kappa shape index (κ1) is 17.9. The first-order valence-corrected chi connectivity index (χ1v) is 8.10. The fraction of sp³-hybridized carbons (Fsp3) is 1.00. The summed E-state index contributed by atoms with van der Waals surface area (Å²) in [5.41, 5.74) is 0. The molecule has 0 aromatic rings. The van der Waals surface area contributed by atoms with E-state index in [1.165, 1.54) is 26.2 Å². The Morgan fingerprint density at radius 3 is 2.05 bits per heavy atom. The number of nitrogens with zero attached hydrogens (tertiary/aromatic N) is 2. The van der Waals surface area contributed by atoms with Gasteiger partial charge in [0.25, 0.3) is 0 Å². The summed E-state index contributed by atoms with van der Waals surface area (Å²) in [7, 11) is 4.00. The van der Waals surface area contributed by atoms with E-state index in [-0.39, 0.29) is 0 Å². The molecule has 0 amide bonds. The molecule has 0 bridgehead atoms. The van der Waals surface area contributed by atoms with Crippen molar-refractivity contribution >= 4 is 0 Å². The maximum absolute atomic E-state index is 5.33. The highest BCUT2D eigenvalue weighted by Crippen LogP contribution is 2.14. The average Bonchev–Trinajstić information content (AvgIpc) is 2.39. The van der Waals surface area contributed by atoms with E-state index in [4.69, 9.17) is 4.74 Å². The third-order valence-electron chi connectivity index (χ3n) is 4.52. The Balaban J connectivity index is 2.50. The van der Waals surface area contributed by atoms with E-state index in [0.29, 0.717) is 23.9 Å². The molecule has 1 fully saturated rings. The van der Waals surface area contributed by atoms with Crippen molar-refractivity contribution in [2.45, 2.75) is 39.8 Å². The SMILES string of the molecule is COCC(NCC(C(C)C)N1CCN(C)CC1)C(C)C. The molecular weight excluding hydrogens is 250 g/mol. The fourth-order valence-electron chi connectivity index (χ4n) is 2.88. The van der Waals surface area contributed by atoms with Crippen LogP contribution in [0.3, 0.4) is 0 Å². The summed E-state index contributed by atoms with van der Waals surface area (Å²) >= 11 is 0. The van der Waals surface area contributed by atoms with Crippen molar-refractivity contribution in [1.82, 2.24) is 15.1 Å². The van der Waals surface area contributed by atoms with Crippen LogP contribution in [0, 0.1) is 11.8 Å². The van der Waals surface area contributed by atoms with Crippen molar-refractivity contribution in [2.75, 3.05) is 53.5 Å². The van der Waals surface area contributed by atoms with Crippen molar-refractivity contribution < 1.29 is 4.74 Å². The molecule has 120 valence electrons. The zero-order valence-corrected chi connectivity index (χ0v) is 14.4. The highest BCUT2D eigenvalue weighted by atomic mass is 16.5. The van der Waals surface area contributed by atoms with E-state index in [9.17, 15) is 0 Å². The molecule has 4 heteroatoms. The van der Waals surface area contributed by atoms with Crippen LogP contribution in [0.2, 0.25) is 0 Å². The average molecular weight is 285 g/mol. The molecule has 0 spiro atoms. The Morgan fingerprint density at radius 2 is 1.60 bits per heavy atom. The van der Waals surface area contributed by atoms with E-state index < -0.39 is 0 Å². The Hall–Kier alpha value is -0.160. The number of ether oxygens (including phenoxy) is 1. The van der Waals surface area contributed by atoms with Gasteiger partial charge in [-0.25, -0.2) is 0 Å². The van der Waals surface area contributed by atoms with Crippen LogP contribution in [0.5, 0.6) is 0 Å². The highest BCUT2D eigenvalue weighted by Gasteiger charge is 2.25. The van der Waals surface area contributed by atoms with Gasteiger partial charge >= 0.3 is 0 Å².